The molecule has 0 saturated carbocycles. The van der Waals surface area contributed by atoms with Crippen molar-refractivity contribution in [1.82, 2.24) is 0 Å². The van der Waals surface area contributed by atoms with E-state index in [0.29, 0.717) is 11.4 Å². The van der Waals surface area contributed by atoms with Gasteiger partial charge in [-0.15, -0.1) is 0 Å². The van der Waals surface area contributed by atoms with E-state index in [2.05, 4.69) is 5.32 Å². The fraction of sp³-hybridized carbons (Fsp3) is 0.188. The quantitative estimate of drug-likeness (QED) is 0.923. The van der Waals surface area contributed by atoms with Gasteiger partial charge in [-0.2, -0.15) is 0 Å². The van der Waals surface area contributed by atoms with E-state index in [0.717, 1.165) is 11.1 Å². The number of ether oxygens (including phenoxy) is 1. The van der Waals surface area contributed by atoms with Gasteiger partial charge in [-0.25, -0.2) is 4.39 Å². The van der Waals surface area contributed by atoms with Crippen LogP contribution in [0.1, 0.15) is 11.1 Å². The molecule has 0 aliphatic rings. The van der Waals surface area contributed by atoms with Gasteiger partial charge >= 0.3 is 0 Å². The molecule has 0 fully saturated rings. The topological polar surface area (TPSA) is 38.3 Å². The van der Waals surface area contributed by atoms with E-state index in [9.17, 15) is 9.18 Å². The smallest absolute Gasteiger partial charge is 0.262 e. The van der Waals surface area contributed by atoms with Crippen LogP contribution in [-0.4, -0.2) is 12.5 Å². The Bertz CT molecular complexity index is 673. The Morgan fingerprint density at radius 2 is 2.05 bits per heavy atom. The Hall–Kier alpha value is -2.07. The zero-order valence-corrected chi connectivity index (χ0v) is 12.5. The predicted octanol–water partition coefficient (Wildman–Crippen LogP) is 4.11. The van der Waals surface area contributed by atoms with Crippen LogP contribution in [0.4, 0.5) is 10.1 Å². The van der Waals surface area contributed by atoms with Gasteiger partial charge in [-0.1, -0.05) is 23.7 Å². The summed E-state index contributed by atoms with van der Waals surface area (Å²) in [6, 6.07) is 9.65. The zero-order valence-electron chi connectivity index (χ0n) is 11.7. The number of amides is 1. The van der Waals surface area contributed by atoms with Gasteiger partial charge in [0, 0.05) is 5.69 Å². The first-order valence-corrected chi connectivity index (χ1v) is 6.79. The van der Waals surface area contributed by atoms with Crippen molar-refractivity contribution in [1.29, 1.82) is 0 Å². The summed E-state index contributed by atoms with van der Waals surface area (Å²) in [6.07, 6.45) is 0. The van der Waals surface area contributed by atoms with Crippen molar-refractivity contribution in [3.63, 3.8) is 0 Å². The predicted molar refractivity (Wildman–Crippen MR) is 81.5 cm³/mol. The first-order valence-electron chi connectivity index (χ1n) is 6.41. The molecule has 1 N–H and O–H groups in total. The highest BCUT2D eigenvalue weighted by molar-refractivity contribution is 6.31. The van der Waals surface area contributed by atoms with Crippen LogP contribution < -0.4 is 10.1 Å². The van der Waals surface area contributed by atoms with Gasteiger partial charge in [0.05, 0.1) is 5.02 Å². The van der Waals surface area contributed by atoms with Gasteiger partial charge in [0.2, 0.25) is 0 Å². The van der Waals surface area contributed by atoms with Gasteiger partial charge < -0.3 is 10.1 Å². The summed E-state index contributed by atoms with van der Waals surface area (Å²) < 4.78 is 18.5. The zero-order chi connectivity index (χ0) is 15.4. The first kappa shape index (κ1) is 15.3. The SMILES string of the molecule is Cc1cccc(OCC(=O)Nc2ccc(F)c(Cl)c2)c1C. The van der Waals surface area contributed by atoms with Crippen molar-refractivity contribution >= 4 is 23.2 Å². The van der Waals surface area contributed by atoms with E-state index in [1.54, 1.807) is 0 Å². The molecule has 0 aliphatic heterocycles. The second-order valence-corrected chi connectivity index (χ2v) is 5.07. The van der Waals surface area contributed by atoms with E-state index in [4.69, 9.17) is 16.3 Å². The molecule has 0 aromatic heterocycles. The van der Waals surface area contributed by atoms with Crippen LogP contribution in [0.2, 0.25) is 5.02 Å². The van der Waals surface area contributed by atoms with Gasteiger partial charge in [-0.05, 0) is 49.2 Å². The molecular formula is C16H15ClFNO2. The minimum absolute atomic E-state index is 0.0387. The largest absolute Gasteiger partial charge is 0.483 e. The fourth-order valence-electron chi connectivity index (χ4n) is 1.79. The molecule has 0 aliphatic carbocycles. The molecule has 2 aromatic rings. The lowest BCUT2D eigenvalue weighted by Gasteiger charge is -2.11. The van der Waals surface area contributed by atoms with Crippen molar-refractivity contribution in [3.8, 4) is 5.75 Å². The molecule has 0 atom stereocenters. The summed E-state index contributed by atoms with van der Waals surface area (Å²) in [7, 11) is 0. The highest BCUT2D eigenvalue weighted by Gasteiger charge is 2.08. The Morgan fingerprint density at radius 3 is 2.76 bits per heavy atom. The third-order valence-corrected chi connectivity index (χ3v) is 3.41. The van der Waals surface area contributed by atoms with Gasteiger partial charge in [0.1, 0.15) is 11.6 Å². The lowest BCUT2D eigenvalue weighted by atomic mass is 10.1. The minimum atomic E-state index is -0.527. The summed E-state index contributed by atoms with van der Waals surface area (Å²) in [5.41, 5.74) is 2.52. The van der Waals surface area contributed by atoms with E-state index >= 15 is 0 Å². The Labute approximate surface area is 127 Å². The molecule has 110 valence electrons. The molecule has 0 heterocycles. The van der Waals surface area contributed by atoms with Crippen LogP contribution in [0.5, 0.6) is 5.75 Å². The van der Waals surface area contributed by atoms with Gasteiger partial charge in [0.25, 0.3) is 5.91 Å². The number of halogens is 2. The highest BCUT2D eigenvalue weighted by Crippen LogP contribution is 2.21. The number of rotatable bonds is 4. The molecule has 2 aromatic carbocycles. The third-order valence-electron chi connectivity index (χ3n) is 3.12. The monoisotopic (exact) mass is 307 g/mol. The van der Waals surface area contributed by atoms with Crippen molar-refractivity contribution < 1.29 is 13.9 Å². The molecule has 5 heteroatoms. The molecular weight excluding hydrogens is 293 g/mol. The lowest BCUT2D eigenvalue weighted by Crippen LogP contribution is -2.20. The first-order chi connectivity index (χ1) is 9.97. The second-order valence-electron chi connectivity index (χ2n) is 4.66. The molecule has 0 bridgehead atoms. The maximum Gasteiger partial charge on any atom is 0.262 e. The Morgan fingerprint density at radius 1 is 1.29 bits per heavy atom. The maximum atomic E-state index is 13.0. The van der Waals surface area contributed by atoms with E-state index in [1.807, 2.05) is 32.0 Å². The van der Waals surface area contributed by atoms with Gasteiger partial charge in [-0.3, -0.25) is 4.79 Å². The number of nitrogens with one attached hydrogen (secondary N) is 1. The average Bonchev–Trinajstić information content (AvgIpc) is 2.44. The van der Waals surface area contributed by atoms with Crippen LogP contribution in [0.15, 0.2) is 36.4 Å². The van der Waals surface area contributed by atoms with Crippen LogP contribution in [0.3, 0.4) is 0 Å². The van der Waals surface area contributed by atoms with Gasteiger partial charge in [0.15, 0.2) is 6.61 Å². The number of carbonyl (C=O) groups is 1. The van der Waals surface area contributed by atoms with Crippen molar-refractivity contribution in [2.24, 2.45) is 0 Å². The van der Waals surface area contributed by atoms with E-state index < -0.39 is 5.82 Å². The molecule has 0 saturated heterocycles. The summed E-state index contributed by atoms with van der Waals surface area (Å²) in [5.74, 6) is -0.192. The molecule has 3 nitrogen and oxygen atoms in total. The van der Waals surface area contributed by atoms with E-state index in [1.165, 1.54) is 18.2 Å². The fourth-order valence-corrected chi connectivity index (χ4v) is 1.98. The number of hydrogen-bond acceptors (Lipinski definition) is 2. The molecule has 21 heavy (non-hydrogen) atoms. The highest BCUT2D eigenvalue weighted by atomic mass is 35.5. The number of benzene rings is 2. The molecule has 2 rings (SSSR count). The van der Waals surface area contributed by atoms with Crippen molar-refractivity contribution in [2.75, 3.05) is 11.9 Å². The van der Waals surface area contributed by atoms with Crippen LogP contribution in [0.25, 0.3) is 0 Å². The molecule has 0 radical (unpaired) electrons. The van der Waals surface area contributed by atoms with Crippen LogP contribution >= 0.6 is 11.6 Å². The molecule has 0 spiro atoms. The summed E-state index contributed by atoms with van der Waals surface area (Å²) in [6.45, 7) is 3.78. The van der Waals surface area contributed by atoms with Crippen LogP contribution in [0, 0.1) is 19.7 Å². The van der Waals surface area contributed by atoms with Crippen LogP contribution in [-0.2, 0) is 4.79 Å². The third kappa shape index (κ3) is 3.95. The van der Waals surface area contributed by atoms with E-state index in [-0.39, 0.29) is 17.5 Å². The van der Waals surface area contributed by atoms with Crippen molar-refractivity contribution in [3.05, 3.63) is 58.4 Å². The number of carbonyl (C=O) groups excluding carboxylic acids is 1. The second kappa shape index (κ2) is 6.59. The lowest BCUT2D eigenvalue weighted by molar-refractivity contribution is -0.118. The summed E-state index contributed by atoms with van der Waals surface area (Å²) in [4.78, 5) is 11.8. The Balaban J connectivity index is 1.96. The average molecular weight is 308 g/mol. The molecule has 1 amide bonds. The number of aryl methyl sites for hydroxylation is 1. The summed E-state index contributed by atoms with van der Waals surface area (Å²) >= 11 is 5.65. The standard InChI is InChI=1S/C16H15ClFNO2/c1-10-4-3-5-15(11(10)2)21-9-16(20)19-12-6-7-14(18)13(17)8-12/h3-8H,9H2,1-2H3,(H,19,20). The number of hydrogen-bond donors (Lipinski definition) is 1. The number of anilines is 1. The summed E-state index contributed by atoms with van der Waals surface area (Å²) in [5, 5.41) is 2.56. The Kier molecular flexibility index (Phi) is 4.81. The van der Waals surface area contributed by atoms with Crippen molar-refractivity contribution in [2.45, 2.75) is 13.8 Å². The molecule has 0 unspecified atom stereocenters. The minimum Gasteiger partial charge on any atom is -0.483 e. The normalized spacial score (nSPS) is 10.3. The maximum absolute atomic E-state index is 13.0.